The predicted molar refractivity (Wildman–Crippen MR) is 85.9 cm³/mol. The monoisotopic (exact) mass is 339 g/mol. The number of carbonyl (C=O) groups excluding carboxylic acids is 1. The van der Waals surface area contributed by atoms with Crippen molar-refractivity contribution >= 4 is 27.5 Å². The van der Waals surface area contributed by atoms with Gasteiger partial charge in [0.15, 0.2) is 0 Å². The summed E-state index contributed by atoms with van der Waals surface area (Å²) >= 11 is 3.42. The normalized spacial score (nSPS) is 22.9. The molecule has 110 valence electrons. The van der Waals surface area contributed by atoms with Crippen LogP contribution in [0.1, 0.15) is 36.5 Å². The van der Waals surface area contributed by atoms with Crippen LogP contribution in [0.15, 0.2) is 22.7 Å². The molecule has 1 aromatic rings. The Morgan fingerprint density at radius 3 is 2.80 bits per heavy atom. The maximum absolute atomic E-state index is 11.3. The summed E-state index contributed by atoms with van der Waals surface area (Å²) in [5.74, 6) is 0.358. The van der Waals surface area contributed by atoms with Crippen molar-refractivity contribution in [1.82, 2.24) is 0 Å². The van der Waals surface area contributed by atoms with Crippen molar-refractivity contribution in [3.05, 3.63) is 28.2 Å². The van der Waals surface area contributed by atoms with Crippen LogP contribution in [-0.4, -0.2) is 25.0 Å². The summed E-state index contributed by atoms with van der Waals surface area (Å²) in [4.78, 5) is 13.6. The fourth-order valence-electron chi connectivity index (χ4n) is 2.95. The molecule has 1 aliphatic rings. The Balaban J connectivity index is 2.22. The van der Waals surface area contributed by atoms with Gasteiger partial charge >= 0.3 is 0 Å². The largest absolute Gasteiger partial charge is 0.367 e. The zero-order valence-corrected chi connectivity index (χ0v) is 13.4. The fraction of sp³-hybridized carbons (Fsp3) is 0.533. The third-order valence-corrected chi connectivity index (χ3v) is 4.88. The molecule has 2 rings (SSSR count). The molecular weight excluding hydrogens is 318 g/mol. The Kier molecular flexibility index (Phi) is 5.05. The number of amides is 1. The number of nitrogens with zero attached hydrogens (tertiary/aromatic N) is 1. The number of halogens is 1. The fourth-order valence-corrected chi connectivity index (χ4v) is 3.51. The highest BCUT2D eigenvalue weighted by Crippen LogP contribution is 2.31. The van der Waals surface area contributed by atoms with Gasteiger partial charge in [-0.15, -0.1) is 0 Å². The van der Waals surface area contributed by atoms with Crippen LogP contribution >= 0.6 is 15.9 Å². The van der Waals surface area contributed by atoms with E-state index in [4.69, 9.17) is 11.5 Å². The van der Waals surface area contributed by atoms with E-state index in [9.17, 15) is 4.79 Å². The molecule has 0 aliphatic carbocycles. The van der Waals surface area contributed by atoms with Gasteiger partial charge in [0.25, 0.3) is 0 Å². The van der Waals surface area contributed by atoms with Crippen molar-refractivity contribution < 1.29 is 4.79 Å². The van der Waals surface area contributed by atoms with Crippen LogP contribution in [0, 0.1) is 5.92 Å². The minimum absolute atomic E-state index is 0.375. The third-order valence-electron chi connectivity index (χ3n) is 4.22. The lowest BCUT2D eigenvalue weighted by Gasteiger charge is -2.40. The molecule has 0 radical (unpaired) electrons. The molecule has 1 saturated heterocycles. The highest BCUT2D eigenvalue weighted by atomic mass is 79.9. The summed E-state index contributed by atoms with van der Waals surface area (Å²) < 4.78 is 0.746. The Morgan fingerprint density at radius 1 is 1.50 bits per heavy atom. The zero-order valence-electron chi connectivity index (χ0n) is 11.8. The van der Waals surface area contributed by atoms with Crippen LogP contribution in [0.5, 0.6) is 0 Å². The maximum atomic E-state index is 11.3. The van der Waals surface area contributed by atoms with E-state index >= 15 is 0 Å². The van der Waals surface area contributed by atoms with Crippen LogP contribution in [0.2, 0.25) is 0 Å². The summed E-state index contributed by atoms with van der Waals surface area (Å²) in [6, 6.07) is 6.08. The first-order valence-corrected chi connectivity index (χ1v) is 7.92. The lowest BCUT2D eigenvalue weighted by molar-refractivity contribution is 0.0999. The summed E-state index contributed by atoms with van der Waals surface area (Å²) in [6.07, 6.45) is 3.55. The van der Waals surface area contributed by atoms with E-state index in [0.717, 1.165) is 29.0 Å². The minimum atomic E-state index is -0.413. The van der Waals surface area contributed by atoms with E-state index in [1.807, 2.05) is 12.1 Å². The number of piperidine rings is 1. The Bertz CT molecular complexity index is 492. The average Bonchev–Trinajstić information content (AvgIpc) is 2.46. The van der Waals surface area contributed by atoms with Gasteiger partial charge in [0, 0.05) is 29.3 Å². The van der Waals surface area contributed by atoms with Gasteiger partial charge in [0.1, 0.15) is 0 Å². The first-order chi connectivity index (χ1) is 9.56. The van der Waals surface area contributed by atoms with E-state index in [-0.39, 0.29) is 0 Å². The number of rotatable bonds is 4. The van der Waals surface area contributed by atoms with E-state index < -0.39 is 5.91 Å². The lowest BCUT2D eigenvalue weighted by Crippen LogP contribution is -2.46. The van der Waals surface area contributed by atoms with Crippen molar-refractivity contribution in [2.24, 2.45) is 17.4 Å². The first kappa shape index (κ1) is 15.3. The Labute approximate surface area is 128 Å². The van der Waals surface area contributed by atoms with Gasteiger partial charge in [0.2, 0.25) is 5.91 Å². The van der Waals surface area contributed by atoms with Gasteiger partial charge in [-0.3, -0.25) is 4.79 Å². The molecule has 0 spiro atoms. The number of carbonyl (C=O) groups is 1. The number of hydrogen-bond donors (Lipinski definition) is 2. The minimum Gasteiger partial charge on any atom is -0.367 e. The van der Waals surface area contributed by atoms with Gasteiger partial charge in [-0.2, -0.15) is 0 Å². The summed E-state index contributed by atoms with van der Waals surface area (Å²) in [7, 11) is 0. The lowest BCUT2D eigenvalue weighted by atomic mass is 9.88. The molecule has 2 unspecified atom stereocenters. The predicted octanol–water partition coefficient (Wildman–Crippen LogP) is 2.50. The van der Waals surface area contributed by atoms with Crippen LogP contribution in [0.25, 0.3) is 0 Å². The molecule has 1 heterocycles. The van der Waals surface area contributed by atoms with Gasteiger partial charge in [0.05, 0.1) is 5.56 Å². The molecule has 0 aromatic heterocycles. The Morgan fingerprint density at radius 2 is 2.25 bits per heavy atom. The molecule has 0 bridgehead atoms. The van der Waals surface area contributed by atoms with Gasteiger partial charge < -0.3 is 16.4 Å². The zero-order chi connectivity index (χ0) is 14.7. The summed E-state index contributed by atoms with van der Waals surface area (Å²) in [5.41, 5.74) is 12.9. The number of anilines is 1. The van der Waals surface area contributed by atoms with Crippen LogP contribution < -0.4 is 16.4 Å². The molecule has 2 atom stereocenters. The molecular formula is C15H22BrN3O. The van der Waals surface area contributed by atoms with Gasteiger partial charge in [-0.25, -0.2) is 0 Å². The van der Waals surface area contributed by atoms with E-state index in [1.165, 1.54) is 12.8 Å². The number of hydrogen-bond acceptors (Lipinski definition) is 3. The third kappa shape index (κ3) is 3.15. The second kappa shape index (κ2) is 6.59. The second-order valence-electron chi connectivity index (χ2n) is 5.41. The molecule has 4 nitrogen and oxygen atoms in total. The quantitative estimate of drug-likeness (QED) is 0.885. The number of nitrogens with two attached hydrogens (primary N) is 2. The standard InChI is InChI=1S/C15H22BrN3O/c1-2-10-5-6-19(12(7-10)9-17)11-3-4-13(15(18)20)14(16)8-11/h3-4,8,10,12H,2,5-7,9,17H2,1H3,(H2,18,20). The van der Waals surface area contributed by atoms with Crippen LogP contribution in [0.4, 0.5) is 5.69 Å². The van der Waals surface area contributed by atoms with Crippen molar-refractivity contribution in [1.29, 1.82) is 0 Å². The van der Waals surface area contributed by atoms with Crippen molar-refractivity contribution in [2.75, 3.05) is 18.0 Å². The van der Waals surface area contributed by atoms with Gasteiger partial charge in [-0.1, -0.05) is 13.3 Å². The average molecular weight is 340 g/mol. The molecule has 5 heteroatoms. The van der Waals surface area contributed by atoms with E-state index in [2.05, 4.69) is 27.8 Å². The van der Waals surface area contributed by atoms with Crippen LogP contribution in [0.3, 0.4) is 0 Å². The van der Waals surface area contributed by atoms with E-state index in [0.29, 0.717) is 18.2 Å². The van der Waals surface area contributed by atoms with Gasteiger partial charge in [-0.05, 0) is 52.9 Å². The summed E-state index contributed by atoms with van der Waals surface area (Å²) in [5, 5.41) is 0. The SMILES string of the molecule is CCC1CCN(c2ccc(C(N)=O)c(Br)c2)C(CN)C1. The summed E-state index contributed by atoms with van der Waals surface area (Å²) in [6.45, 7) is 3.92. The van der Waals surface area contributed by atoms with Crippen LogP contribution in [-0.2, 0) is 0 Å². The second-order valence-corrected chi connectivity index (χ2v) is 6.26. The molecule has 1 amide bonds. The topological polar surface area (TPSA) is 72.3 Å². The molecule has 1 aliphatic heterocycles. The first-order valence-electron chi connectivity index (χ1n) is 7.12. The maximum Gasteiger partial charge on any atom is 0.249 e. The molecule has 4 N–H and O–H groups in total. The van der Waals surface area contributed by atoms with Crippen molar-refractivity contribution in [3.63, 3.8) is 0 Å². The molecule has 0 saturated carbocycles. The molecule has 1 aromatic carbocycles. The molecule has 1 fully saturated rings. The van der Waals surface area contributed by atoms with Crippen molar-refractivity contribution in [3.8, 4) is 0 Å². The Hall–Kier alpha value is -1.07. The van der Waals surface area contributed by atoms with Crippen molar-refractivity contribution in [2.45, 2.75) is 32.2 Å². The smallest absolute Gasteiger partial charge is 0.249 e. The number of primary amides is 1. The van der Waals surface area contributed by atoms with E-state index in [1.54, 1.807) is 6.07 Å². The number of benzene rings is 1. The highest BCUT2D eigenvalue weighted by Gasteiger charge is 2.27. The highest BCUT2D eigenvalue weighted by molar-refractivity contribution is 9.10. The molecule has 20 heavy (non-hydrogen) atoms.